The molecule has 1 aliphatic heterocycles. The Labute approximate surface area is 118 Å². The van der Waals surface area contributed by atoms with Crippen molar-refractivity contribution in [3.05, 3.63) is 30.6 Å². The number of hydrogen-bond donors (Lipinski definition) is 1. The lowest BCUT2D eigenvalue weighted by atomic mass is 9.97. The number of piperidine rings is 1. The molecule has 1 aromatic carbocycles. The molecule has 0 aliphatic carbocycles. The molecule has 100 valence electrons. The van der Waals surface area contributed by atoms with Crippen molar-refractivity contribution < 1.29 is 0 Å². The molecule has 0 spiro atoms. The second kappa shape index (κ2) is 6.35. The van der Waals surface area contributed by atoms with E-state index in [1.807, 2.05) is 23.9 Å². The Morgan fingerprint density at radius 2 is 2.21 bits per heavy atom. The van der Waals surface area contributed by atoms with E-state index in [0.29, 0.717) is 0 Å². The smallest absolute Gasteiger partial charge is 0.117 e. The topological polar surface area (TPSA) is 37.8 Å². The molecule has 3 rings (SSSR count). The number of benzene rings is 1. The Morgan fingerprint density at radius 1 is 1.26 bits per heavy atom. The van der Waals surface area contributed by atoms with E-state index in [1.165, 1.54) is 37.7 Å². The van der Waals surface area contributed by atoms with E-state index in [0.717, 1.165) is 22.2 Å². The van der Waals surface area contributed by atoms with Gasteiger partial charge in [-0.15, -0.1) is 11.8 Å². The summed E-state index contributed by atoms with van der Waals surface area (Å²) in [4.78, 5) is 8.73. The Kier molecular flexibility index (Phi) is 4.30. The summed E-state index contributed by atoms with van der Waals surface area (Å²) < 4.78 is 0. The first-order valence-corrected chi connectivity index (χ1v) is 7.95. The monoisotopic (exact) mass is 273 g/mol. The molecule has 0 radical (unpaired) electrons. The minimum atomic E-state index is 0.842. The van der Waals surface area contributed by atoms with Gasteiger partial charge in [-0.05, 0) is 50.1 Å². The van der Waals surface area contributed by atoms with Gasteiger partial charge in [-0.3, -0.25) is 0 Å². The van der Waals surface area contributed by atoms with Gasteiger partial charge >= 0.3 is 0 Å². The first kappa shape index (κ1) is 12.9. The Balaban J connectivity index is 1.62. The molecule has 1 atom stereocenters. The number of nitrogens with one attached hydrogen (secondary N) is 1. The molecule has 1 N–H and O–H groups in total. The zero-order valence-corrected chi connectivity index (χ0v) is 11.8. The van der Waals surface area contributed by atoms with Gasteiger partial charge in [-0.1, -0.05) is 18.2 Å². The third-order valence-corrected chi connectivity index (χ3v) is 4.71. The average Bonchev–Trinajstić information content (AvgIpc) is 2.49. The summed E-state index contributed by atoms with van der Waals surface area (Å²) in [6, 6.07) is 8.24. The molecule has 1 aromatic heterocycles. The van der Waals surface area contributed by atoms with Crippen LogP contribution < -0.4 is 5.32 Å². The van der Waals surface area contributed by atoms with E-state index in [4.69, 9.17) is 0 Å². The number of hydrogen-bond acceptors (Lipinski definition) is 4. The minimum absolute atomic E-state index is 0.842. The molecule has 19 heavy (non-hydrogen) atoms. The highest BCUT2D eigenvalue weighted by atomic mass is 32.2. The van der Waals surface area contributed by atoms with E-state index in [1.54, 1.807) is 6.33 Å². The summed E-state index contributed by atoms with van der Waals surface area (Å²) in [7, 11) is 0. The van der Waals surface area contributed by atoms with Crippen molar-refractivity contribution in [3.8, 4) is 0 Å². The van der Waals surface area contributed by atoms with Gasteiger partial charge in [0.25, 0.3) is 0 Å². The molecular formula is C15H19N3S. The van der Waals surface area contributed by atoms with Crippen molar-refractivity contribution in [2.45, 2.75) is 24.3 Å². The molecule has 1 aliphatic rings. The van der Waals surface area contributed by atoms with E-state index in [-0.39, 0.29) is 0 Å². The van der Waals surface area contributed by atoms with Crippen molar-refractivity contribution in [1.29, 1.82) is 0 Å². The molecule has 3 nitrogen and oxygen atoms in total. The second-order valence-electron chi connectivity index (χ2n) is 5.05. The van der Waals surface area contributed by atoms with Crippen molar-refractivity contribution in [1.82, 2.24) is 15.3 Å². The molecule has 0 amide bonds. The van der Waals surface area contributed by atoms with E-state index in [9.17, 15) is 0 Å². The van der Waals surface area contributed by atoms with Crippen LogP contribution in [0.25, 0.3) is 10.9 Å². The van der Waals surface area contributed by atoms with Crippen LogP contribution in [-0.2, 0) is 0 Å². The molecule has 1 saturated heterocycles. The van der Waals surface area contributed by atoms with Crippen LogP contribution in [0.15, 0.2) is 35.6 Å². The average molecular weight is 273 g/mol. The van der Waals surface area contributed by atoms with Gasteiger partial charge in [0, 0.05) is 5.39 Å². The van der Waals surface area contributed by atoms with E-state index in [2.05, 4.69) is 27.4 Å². The van der Waals surface area contributed by atoms with Gasteiger partial charge in [0.2, 0.25) is 0 Å². The van der Waals surface area contributed by atoms with E-state index >= 15 is 0 Å². The summed E-state index contributed by atoms with van der Waals surface area (Å²) in [6.07, 6.45) is 5.65. The minimum Gasteiger partial charge on any atom is -0.316 e. The van der Waals surface area contributed by atoms with Crippen LogP contribution in [0, 0.1) is 5.92 Å². The van der Waals surface area contributed by atoms with Gasteiger partial charge in [0.15, 0.2) is 0 Å². The third-order valence-electron chi connectivity index (χ3n) is 3.67. The van der Waals surface area contributed by atoms with Crippen LogP contribution in [0.4, 0.5) is 0 Å². The summed E-state index contributed by atoms with van der Waals surface area (Å²) >= 11 is 1.86. The van der Waals surface area contributed by atoms with Gasteiger partial charge in [-0.25, -0.2) is 9.97 Å². The largest absolute Gasteiger partial charge is 0.316 e. The van der Waals surface area contributed by atoms with Crippen LogP contribution in [0.5, 0.6) is 0 Å². The number of nitrogens with zero attached hydrogens (tertiary/aromatic N) is 2. The molecule has 0 saturated carbocycles. The van der Waals surface area contributed by atoms with Crippen molar-refractivity contribution in [2.24, 2.45) is 5.92 Å². The number of rotatable bonds is 4. The number of aromatic nitrogens is 2. The maximum atomic E-state index is 4.43. The number of thioether (sulfide) groups is 1. The zero-order valence-electron chi connectivity index (χ0n) is 11.0. The van der Waals surface area contributed by atoms with Crippen LogP contribution in [-0.4, -0.2) is 28.8 Å². The number of para-hydroxylation sites is 1. The Morgan fingerprint density at radius 3 is 3.11 bits per heavy atom. The maximum Gasteiger partial charge on any atom is 0.117 e. The first-order chi connectivity index (χ1) is 9.43. The first-order valence-electron chi connectivity index (χ1n) is 6.97. The standard InChI is InChI=1S/C15H19N3S/c1-2-6-14-13(5-1)15(18-11-17-14)19-9-7-12-4-3-8-16-10-12/h1-2,5-6,11-12,16H,3-4,7-10H2. The predicted molar refractivity (Wildman–Crippen MR) is 80.5 cm³/mol. The van der Waals surface area contributed by atoms with Crippen LogP contribution >= 0.6 is 11.8 Å². The summed E-state index contributed by atoms with van der Waals surface area (Å²) in [5.74, 6) is 1.99. The van der Waals surface area contributed by atoms with E-state index < -0.39 is 0 Å². The molecule has 0 bridgehead atoms. The van der Waals surface area contributed by atoms with Crippen LogP contribution in [0.3, 0.4) is 0 Å². The van der Waals surface area contributed by atoms with Gasteiger partial charge in [0.1, 0.15) is 11.4 Å². The van der Waals surface area contributed by atoms with Crippen LogP contribution in [0.1, 0.15) is 19.3 Å². The van der Waals surface area contributed by atoms with Gasteiger partial charge < -0.3 is 5.32 Å². The predicted octanol–water partition coefficient (Wildman–Crippen LogP) is 3.11. The van der Waals surface area contributed by atoms with Crippen molar-refractivity contribution in [2.75, 3.05) is 18.8 Å². The third kappa shape index (κ3) is 3.25. The lowest BCUT2D eigenvalue weighted by Crippen LogP contribution is -2.29. The zero-order chi connectivity index (χ0) is 12.9. The fourth-order valence-electron chi connectivity index (χ4n) is 2.59. The van der Waals surface area contributed by atoms with Crippen molar-refractivity contribution in [3.63, 3.8) is 0 Å². The quantitative estimate of drug-likeness (QED) is 0.686. The summed E-state index contributed by atoms with van der Waals surface area (Å²) in [6.45, 7) is 2.38. The molecule has 1 fully saturated rings. The lowest BCUT2D eigenvalue weighted by molar-refractivity contribution is 0.371. The maximum absolute atomic E-state index is 4.43. The highest BCUT2D eigenvalue weighted by Gasteiger charge is 2.13. The fourth-order valence-corrected chi connectivity index (χ4v) is 3.68. The Bertz CT molecular complexity index is 532. The molecule has 2 heterocycles. The normalized spacial score (nSPS) is 19.7. The van der Waals surface area contributed by atoms with Gasteiger partial charge in [0.05, 0.1) is 5.52 Å². The highest BCUT2D eigenvalue weighted by molar-refractivity contribution is 7.99. The summed E-state index contributed by atoms with van der Waals surface area (Å²) in [5.41, 5.74) is 1.04. The molecule has 2 aromatic rings. The molecular weight excluding hydrogens is 254 g/mol. The second-order valence-corrected chi connectivity index (χ2v) is 6.13. The summed E-state index contributed by atoms with van der Waals surface area (Å²) in [5, 5.41) is 5.78. The fraction of sp³-hybridized carbons (Fsp3) is 0.467. The number of fused-ring (bicyclic) bond motifs is 1. The Hall–Kier alpha value is -1.13. The van der Waals surface area contributed by atoms with Crippen molar-refractivity contribution >= 4 is 22.7 Å². The molecule has 1 unspecified atom stereocenters. The van der Waals surface area contributed by atoms with Gasteiger partial charge in [-0.2, -0.15) is 0 Å². The highest BCUT2D eigenvalue weighted by Crippen LogP contribution is 2.26. The SMILES string of the molecule is c1ccc2c(SCCC3CCCNC3)ncnc2c1. The molecule has 4 heteroatoms. The lowest BCUT2D eigenvalue weighted by Gasteiger charge is -2.22. The van der Waals surface area contributed by atoms with Crippen LogP contribution in [0.2, 0.25) is 0 Å².